The monoisotopic (exact) mass is 238 g/mol. The lowest BCUT2D eigenvalue weighted by Crippen LogP contribution is -2.38. The van der Waals surface area contributed by atoms with E-state index in [9.17, 15) is 4.79 Å². The summed E-state index contributed by atoms with van der Waals surface area (Å²) < 4.78 is 5.12. The summed E-state index contributed by atoms with van der Waals surface area (Å²) in [6.45, 7) is 6.14. The van der Waals surface area contributed by atoms with E-state index < -0.39 is 5.97 Å². The number of rotatable bonds is 3. The van der Waals surface area contributed by atoms with Gasteiger partial charge in [-0.05, 0) is 33.2 Å². The summed E-state index contributed by atoms with van der Waals surface area (Å²) in [4.78, 5) is 13.2. The molecule has 1 aliphatic rings. The van der Waals surface area contributed by atoms with Gasteiger partial charge >= 0.3 is 5.97 Å². The molecule has 2 heterocycles. The van der Waals surface area contributed by atoms with Crippen LogP contribution in [-0.4, -0.2) is 34.2 Å². The molecule has 0 aromatic carbocycles. The van der Waals surface area contributed by atoms with Crippen LogP contribution in [0.4, 0.5) is 0 Å². The van der Waals surface area contributed by atoms with Crippen LogP contribution < -0.4 is 0 Å². The average Bonchev–Trinajstić information content (AvgIpc) is 2.61. The first kappa shape index (κ1) is 12.1. The van der Waals surface area contributed by atoms with Crippen molar-refractivity contribution in [3.63, 3.8) is 0 Å². The Morgan fingerprint density at radius 1 is 1.59 bits per heavy atom. The number of hydrogen-bond acceptors (Lipinski definition) is 4. The Hall–Kier alpha value is -1.36. The number of carbonyl (C=O) groups is 1. The lowest BCUT2D eigenvalue weighted by molar-refractivity contribution is -0.143. The summed E-state index contributed by atoms with van der Waals surface area (Å²) >= 11 is 0. The molecule has 0 aliphatic carbocycles. The third-order valence-corrected chi connectivity index (χ3v) is 3.42. The van der Waals surface area contributed by atoms with Crippen molar-refractivity contribution >= 4 is 5.97 Å². The van der Waals surface area contributed by atoms with Crippen molar-refractivity contribution in [1.29, 1.82) is 0 Å². The molecule has 1 atom stereocenters. The van der Waals surface area contributed by atoms with Crippen molar-refractivity contribution in [3.05, 3.63) is 17.0 Å². The molecule has 0 bridgehead atoms. The van der Waals surface area contributed by atoms with Gasteiger partial charge in [0.1, 0.15) is 5.76 Å². The quantitative estimate of drug-likeness (QED) is 0.866. The fourth-order valence-corrected chi connectivity index (χ4v) is 2.35. The summed E-state index contributed by atoms with van der Waals surface area (Å²) in [5.41, 5.74) is 2.00. The topological polar surface area (TPSA) is 66.6 Å². The van der Waals surface area contributed by atoms with Crippen LogP contribution >= 0.6 is 0 Å². The fraction of sp³-hybridized carbons (Fsp3) is 0.667. The highest BCUT2D eigenvalue weighted by molar-refractivity contribution is 5.70. The number of likely N-dealkylation sites (tertiary alicyclic amines) is 1. The summed E-state index contributed by atoms with van der Waals surface area (Å²) in [6, 6.07) is 0. The lowest BCUT2D eigenvalue weighted by Gasteiger charge is -2.30. The van der Waals surface area contributed by atoms with Crippen LogP contribution in [0.3, 0.4) is 0 Å². The van der Waals surface area contributed by atoms with Crippen molar-refractivity contribution < 1.29 is 14.4 Å². The molecule has 1 aromatic rings. The molecule has 5 nitrogen and oxygen atoms in total. The zero-order valence-corrected chi connectivity index (χ0v) is 10.3. The maximum atomic E-state index is 11.0. The van der Waals surface area contributed by atoms with Crippen molar-refractivity contribution in [3.8, 4) is 0 Å². The minimum atomic E-state index is -0.687. The van der Waals surface area contributed by atoms with Crippen LogP contribution in [0, 0.1) is 19.8 Å². The molecule has 0 spiro atoms. The largest absolute Gasteiger partial charge is 0.481 e. The number of carboxylic acids is 1. The van der Waals surface area contributed by atoms with Gasteiger partial charge in [0, 0.05) is 18.7 Å². The van der Waals surface area contributed by atoms with Crippen molar-refractivity contribution in [2.45, 2.75) is 33.2 Å². The first-order valence-electron chi connectivity index (χ1n) is 5.95. The molecule has 1 aliphatic heterocycles. The molecular weight excluding hydrogens is 220 g/mol. The Morgan fingerprint density at radius 3 is 2.94 bits per heavy atom. The first-order valence-corrected chi connectivity index (χ1v) is 5.95. The number of piperidine rings is 1. The van der Waals surface area contributed by atoms with Gasteiger partial charge in [0.25, 0.3) is 0 Å². The molecule has 1 aromatic heterocycles. The van der Waals surface area contributed by atoms with Crippen molar-refractivity contribution in [1.82, 2.24) is 10.1 Å². The van der Waals surface area contributed by atoms with Gasteiger partial charge in [0.15, 0.2) is 0 Å². The van der Waals surface area contributed by atoms with Crippen LogP contribution in [0.25, 0.3) is 0 Å². The molecule has 1 N–H and O–H groups in total. The fourth-order valence-electron chi connectivity index (χ4n) is 2.35. The highest BCUT2D eigenvalue weighted by Crippen LogP contribution is 2.21. The Balaban J connectivity index is 2.02. The van der Waals surface area contributed by atoms with Crippen LogP contribution in [-0.2, 0) is 11.3 Å². The smallest absolute Gasteiger partial charge is 0.307 e. The maximum Gasteiger partial charge on any atom is 0.307 e. The van der Waals surface area contributed by atoms with Crippen LogP contribution in [0.15, 0.2) is 4.52 Å². The minimum absolute atomic E-state index is 0.232. The summed E-state index contributed by atoms with van der Waals surface area (Å²) in [7, 11) is 0. The van der Waals surface area contributed by atoms with Crippen LogP contribution in [0.1, 0.15) is 29.9 Å². The SMILES string of the molecule is Cc1noc(C)c1CN1CCCC(C(=O)O)C1. The van der Waals surface area contributed by atoms with Crippen molar-refractivity contribution in [2.24, 2.45) is 5.92 Å². The third-order valence-electron chi connectivity index (χ3n) is 3.42. The zero-order chi connectivity index (χ0) is 12.4. The Kier molecular flexibility index (Phi) is 3.47. The van der Waals surface area contributed by atoms with Gasteiger partial charge < -0.3 is 9.63 Å². The van der Waals surface area contributed by atoms with Crippen molar-refractivity contribution in [2.75, 3.05) is 13.1 Å². The molecule has 0 saturated carbocycles. The predicted octanol–water partition coefficient (Wildman–Crippen LogP) is 1.59. The average molecular weight is 238 g/mol. The van der Waals surface area contributed by atoms with Gasteiger partial charge in [-0.15, -0.1) is 0 Å². The van der Waals surface area contributed by atoms with Gasteiger partial charge in [0.2, 0.25) is 0 Å². The molecule has 2 rings (SSSR count). The summed E-state index contributed by atoms with van der Waals surface area (Å²) in [5.74, 6) is -0.0855. The van der Waals surface area contributed by atoms with Gasteiger partial charge in [0.05, 0.1) is 11.6 Å². The normalized spacial score (nSPS) is 21.6. The van der Waals surface area contributed by atoms with Gasteiger partial charge in [-0.1, -0.05) is 5.16 Å². The predicted molar refractivity (Wildman–Crippen MR) is 61.6 cm³/mol. The maximum absolute atomic E-state index is 11.0. The number of aryl methyl sites for hydroxylation is 2. The molecule has 0 amide bonds. The van der Waals surface area contributed by atoms with Crippen LogP contribution in [0.2, 0.25) is 0 Å². The van der Waals surface area contributed by atoms with Crippen LogP contribution in [0.5, 0.6) is 0 Å². The molecule has 0 radical (unpaired) electrons. The summed E-state index contributed by atoms with van der Waals surface area (Å²) in [6.07, 6.45) is 1.73. The Bertz CT molecular complexity index is 394. The second-order valence-corrected chi connectivity index (χ2v) is 4.72. The minimum Gasteiger partial charge on any atom is -0.481 e. The van der Waals surface area contributed by atoms with E-state index in [-0.39, 0.29) is 5.92 Å². The molecule has 17 heavy (non-hydrogen) atoms. The van der Waals surface area contributed by atoms with E-state index in [0.717, 1.165) is 42.9 Å². The zero-order valence-electron chi connectivity index (χ0n) is 10.3. The summed E-state index contributed by atoms with van der Waals surface area (Å²) in [5, 5.41) is 13.0. The lowest BCUT2D eigenvalue weighted by atomic mass is 9.98. The highest BCUT2D eigenvalue weighted by atomic mass is 16.5. The van der Waals surface area contributed by atoms with Gasteiger partial charge in [-0.2, -0.15) is 0 Å². The Labute approximate surface area is 100 Å². The molecule has 94 valence electrons. The molecule has 1 fully saturated rings. The number of aliphatic carboxylic acids is 1. The van der Waals surface area contributed by atoms with E-state index in [1.165, 1.54) is 0 Å². The van der Waals surface area contributed by atoms with E-state index in [1.807, 2.05) is 13.8 Å². The molecular formula is C12H18N2O3. The number of aromatic nitrogens is 1. The van der Waals surface area contributed by atoms with E-state index >= 15 is 0 Å². The van der Waals surface area contributed by atoms with E-state index in [2.05, 4.69) is 10.1 Å². The highest BCUT2D eigenvalue weighted by Gasteiger charge is 2.26. The molecule has 1 saturated heterocycles. The van der Waals surface area contributed by atoms with E-state index in [1.54, 1.807) is 0 Å². The number of carboxylic acid groups (broad SMARTS) is 1. The second-order valence-electron chi connectivity index (χ2n) is 4.72. The van der Waals surface area contributed by atoms with E-state index in [0.29, 0.717) is 6.54 Å². The number of hydrogen-bond donors (Lipinski definition) is 1. The Morgan fingerprint density at radius 2 is 2.35 bits per heavy atom. The third kappa shape index (κ3) is 2.66. The first-order chi connectivity index (χ1) is 8.08. The number of nitrogens with zero attached hydrogens (tertiary/aromatic N) is 2. The van der Waals surface area contributed by atoms with Gasteiger partial charge in [-0.25, -0.2) is 0 Å². The van der Waals surface area contributed by atoms with E-state index in [4.69, 9.17) is 9.63 Å². The van der Waals surface area contributed by atoms with Gasteiger partial charge in [-0.3, -0.25) is 9.69 Å². The molecule has 5 heteroatoms. The molecule has 1 unspecified atom stereocenters. The second kappa shape index (κ2) is 4.87. The standard InChI is InChI=1S/C12H18N2O3/c1-8-11(9(2)17-13-8)7-14-5-3-4-10(6-14)12(15)16/h10H,3-7H2,1-2H3,(H,15,16).